The Hall–Kier alpha value is -4.41. The number of methoxy groups -OCH3 is 1. The Morgan fingerprint density at radius 1 is 1.12 bits per heavy atom. The number of nitrogens with zero attached hydrogens (tertiary/aromatic N) is 3. The molecule has 0 spiro atoms. The van der Waals surface area contributed by atoms with Crippen molar-refractivity contribution >= 4 is 23.5 Å². The second kappa shape index (κ2) is 12.8. The molecule has 3 aromatic carbocycles. The molecule has 0 aliphatic carbocycles. The zero-order valence-corrected chi connectivity index (χ0v) is 24.7. The third kappa shape index (κ3) is 6.35. The number of carboxylic acids is 1. The van der Waals surface area contributed by atoms with E-state index in [1.165, 1.54) is 11.1 Å². The van der Waals surface area contributed by atoms with Gasteiger partial charge in [-0.1, -0.05) is 35.9 Å². The maximum atomic E-state index is 11.6. The molecule has 1 unspecified atom stereocenters. The van der Waals surface area contributed by atoms with Crippen LogP contribution < -0.4 is 9.47 Å². The van der Waals surface area contributed by atoms with Crippen LogP contribution in [0.25, 0.3) is 11.0 Å². The smallest absolute Gasteiger partial charge is 0.335 e. The number of carboxylic acid groups (broad SMARTS) is 2. The monoisotopic (exact) mass is 587 g/mol. The average Bonchev–Trinajstić information content (AvgIpc) is 3.53. The minimum Gasteiger partial charge on any atom is -0.483 e. The van der Waals surface area contributed by atoms with E-state index in [1.54, 1.807) is 25.3 Å². The highest BCUT2D eigenvalue weighted by molar-refractivity contribution is 5.92. The summed E-state index contributed by atoms with van der Waals surface area (Å²) in [6, 6.07) is 19.6. The van der Waals surface area contributed by atoms with E-state index in [0.717, 1.165) is 59.9 Å². The summed E-state index contributed by atoms with van der Waals surface area (Å²) in [5, 5.41) is 16.4. The normalized spacial score (nSPS) is 18.3. The lowest BCUT2D eigenvalue weighted by Gasteiger charge is -2.32. The van der Waals surface area contributed by atoms with Crippen molar-refractivity contribution in [2.75, 3.05) is 26.8 Å². The number of aromatic carboxylic acids is 1. The highest BCUT2D eigenvalue weighted by Gasteiger charge is 2.41. The average molecular weight is 588 g/mol. The van der Waals surface area contributed by atoms with Gasteiger partial charge in [0.25, 0.3) is 12.3 Å². The fourth-order valence-electron chi connectivity index (χ4n) is 5.98. The van der Waals surface area contributed by atoms with Crippen LogP contribution in [0.5, 0.6) is 11.5 Å². The standard InChI is InChI=1S/C32H35N3O5.CH2O2/c1-21-6-4-7-24(18-21)32(2)39-28-9-5-8-25(30(28)40-32)22-12-14-34(15-13-22)20-29-33-26-11-10-23(31(36)37)19-27(26)35(29)16-17-38-3;2-1-3/h4-11,18-19,22H,12-17,20H2,1-3H3,(H,36,37);1H,(H,2,3). The summed E-state index contributed by atoms with van der Waals surface area (Å²) in [7, 11) is 1.67. The lowest BCUT2D eigenvalue weighted by Crippen LogP contribution is -2.34. The molecule has 0 bridgehead atoms. The predicted octanol–water partition coefficient (Wildman–Crippen LogP) is 5.41. The third-order valence-electron chi connectivity index (χ3n) is 8.14. The van der Waals surface area contributed by atoms with Crippen LogP contribution in [-0.2, 0) is 28.4 Å². The Morgan fingerprint density at radius 3 is 2.56 bits per heavy atom. The predicted molar refractivity (Wildman–Crippen MR) is 161 cm³/mol. The Balaban J connectivity index is 0.00000118. The van der Waals surface area contributed by atoms with Crippen LogP contribution in [0, 0.1) is 6.92 Å². The van der Waals surface area contributed by atoms with Crippen LogP contribution in [0.1, 0.15) is 58.6 Å². The van der Waals surface area contributed by atoms with Gasteiger partial charge in [0.1, 0.15) is 5.82 Å². The van der Waals surface area contributed by atoms with Gasteiger partial charge in [0.05, 0.1) is 29.7 Å². The molecule has 4 aromatic rings. The van der Waals surface area contributed by atoms with Crippen LogP contribution in [0.3, 0.4) is 0 Å². The summed E-state index contributed by atoms with van der Waals surface area (Å²) in [5.41, 5.74) is 5.29. The number of ether oxygens (including phenoxy) is 3. The van der Waals surface area contributed by atoms with Crippen molar-refractivity contribution in [1.82, 2.24) is 14.5 Å². The van der Waals surface area contributed by atoms with Gasteiger partial charge < -0.3 is 29.0 Å². The quantitative estimate of drug-likeness (QED) is 0.260. The molecule has 2 aliphatic heterocycles. The van der Waals surface area contributed by atoms with Crippen molar-refractivity contribution < 1.29 is 34.0 Å². The Labute approximate surface area is 250 Å². The van der Waals surface area contributed by atoms with Crippen molar-refractivity contribution in [2.45, 2.75) is 51.5 Å². The minimum absolute atomic E-state index is 0.250. The van der Waals surface area contributed by atoms with Gasteiger partial charge in [-0.05, 0) is 69.1 Å². The number of para-hydroxylation sites is 1. The number of hydrogen-bond acceptors (Lipinski definition) is 7. The number of aryl methyl sites for hydroxylation is 1. The first-order chi connectivity index (χ1) is 20.8. The number of likely N-dealkylation sites (tertiary alicyclic amines) is 1. The van der Waals surface area contributed by atoms with E-state index in [1.807, 2.05) is 19.1 Å². The van der Waals surface area contributed by atoms with Crippen LogP contribution in [0.15, 0.2) is 60.7 Å². The molecule has 10 heteroatoms. The topological polar surface area (TPSA) is 123 Å². The molecule has 10 nitrogen and oxygen atoms in total. The summed E-state index contributed by atoms with van der Waals surface area (Å²) >= 11 is 0. The highest BCUT2D eigenvalue weighted by Crippen LogP contribution is 2.49. The van der Waals surface area contributed by atoms with Crippen molar-refractivity contribution in [3.8, 4) is 11.5 Å². The molecule has 0 saturated carbocycles. The van der Waals surface area contributed by atoms with E-state index in [-0.39, 0.29) is 12.0 Å². The van der Waals surface area contributed by atoms with Crippen molar-refractivity contribution in [3.05, 3.63) is 88.7 Å². The molecule has 226 valence electrons. The molecule has 2 aliphatic rings. The van der Waals surface area contributed by atoms with Gasteiger partial charge in [0, 0.05) is 31.7 Å². The lowest BCUT2D eigenvalue weighted by molar-refractivity contribution is -0.122. The summed E-state index contributed by atoms with van der Waals surface area (Å²) in [6.45, 7) is 7.52. The number of imidazole rings is 1. The summed E-state index contributed by atoms with van der Waals surface area (Å²) < 4.78 is 20.4. The lowest BCUT2D eigenvalue weighted by atomic mass is 9.88. The molecule has 0 radical (unpaired) electrons. The Morgan fingerprint density at radius 2 is 1.86 bits per heavy atom. The maximum Gasteiger partial charge on any atom is 0.335 e. The van der Waals surface area contributed by atoms with Crippen molar-refractivity contribution in [1.29, 1.82) is 0 Å². The highest BCUT2D eigenvalue weighted by atomic mass is 16.7. The first-order valence-electron chi connectivity index (χ1n) is 14.4. The number of hydrogen-bond donors (Lipinski definition) is 2. The van der Waals surface area contributed by atoms with E-state index < -0.39 is 11.8 Å². The van der Waals surface area contributed by atoms with Gasteiger partial charge in [-0.3, -0.25) is 9.69 Å². The fraction of sp³-hybridized carbons (Fsp3) is 0.364. The van der Waals surface area contributed by atoms with Gasteiger partial charge in [-0.15, -0.1) is 0 Å². The van der Waals surface area contributed by atoms with E-state index in [9.17, 15) is 9.90 Å². The number of fused-ring (bicyclic) bond motifs is 2. The molecule has 1 saturated heterocycles. The summed E-state index contributed by atoms with van der Waals surface area (Å²) in [5.74, 6) is 1.19. The Bertz CT molecular complexity index is 1610. The van der Waals surface area contributed by atoms with Gasteiger partial charge >= 0.3 is 5.97 Å². The molecule has 1 fully saturated rings. The minimum atomic E-state index is -0.939. The SMILES string of the molecule is COCCn1c(CN2CCC(c3cccc4c3OC(C)(c3cccc(C)c3)O4)CC2)nc2ccc(C(=O)O)cc21.O=CO. The zero-order valence-electron chi connectivity index (χ0n) is 24.7. The molecule has 1 atom stereocenters. The van der Waals surface area contributed by atoms with Crippen LogP contribution in [0.2, 0.25) is 0 Å². The van der Waals surface area contributed by atoms with Gasteiger partial charge in [0.2, 0.25) is 0 Å². The molecule has 1 aromatic heterocycles. The molecule has 0 amide bonds. The third-order valence-corrected chi connectivity index (χ3v) is 8.14. The second-order valence-electron chi connectivity index (χ2n) is 11.0. The van der Waals surface area contributed by atoms with Crippen LogP contribution >= 0.6 is 0 Å². The zero-order chi connectivity index (χ0) is 30.6. The van der Waals surface area contributed by atoms with Crippen molar-refractivity contribution in [3.63, 3.8) is 0 Å². The molecule has 43 heavy (non-hydrogen) atoms. The summed E-state index contributed by atoms with van der Waals surface area (Å²) in [6.07, 6.45) is 2.00. The van der Waals surface area contributed by atoms with Gasteiger partial charge in [-0.25, -0.2) is 9.78 Å². The van der Waals surface area contributed by atoms with Crippen LogP contribution in [-0.4, -0.2) is 63.9 Å². The van der Waals surface area contributed by atoms with Crippen molar-refractivity contribution in [2.24, 2.45) is 0 Å². The number of carbonyl (C=O) groups is 2. The largest absolute Gasteiger partial charge is 0.483 e. The molecule has 3 heterocycles. The van der Waals surface area contributed by atoms with Gasteiger partial charge in [-0.2, -0.15) is 0 Å². The first kappa shape index (κ1) is 30.1. The molecule has 2 N–H and O–H groups in total. The number of piperidine rings is 1. The van der Waals surface area contributed by atoms with Gasteiger partial charge in [0.15, 0.2) is 11.5 Å². The maximum absolute atomic E-state index is 11.6. The Kier molecular flexibility index (Phi) is 8.98. The van der Waals surface area contributed by atoms with E-state index in [2.05, 4.69) is 46.7 Å². The molecule has 6 rings (SSSR count). The fourth-order valence-corrected chi connectivity index (χ4v) is 5.98. The number of aromatic nitrogens is 2. The number of rotatable bonds is 8. The number of benzene rings is 3. The van der Waals surface area contributed by atoms with E-state index in [4.69, 9.17) is 29.1 Å². The second-order valence-corrected chi connectivity index (χ2v) is 11.0. The first-order valence-corrected chi connectivity index (χ1v) is 14.4. The molecular formula is C33H37N3O7. The molecular weight excluding hydrogens is 550 g/mol. The van der Waals surface area contributed by atoms with E-state index >= 15 is 0 Å². The van der Waals surface area contributed by atoms with Crippen LogP contribution in [0.4, 0.5) is 0 Å². The van der Waals surface area contributed by atoms with E-state index in [0.29, 0.717) is 25.6 Å². The summed E-state index contributed by atoms with van der Waals surface area (Å²) in [4.78, 5) is 27.2.